The van der Waals surface area contributed by atoms with Crippen LogP contribution in [0.25, 0.3) is 0 Å². The van der Waals surface area contributed by atoms with Crippen molar-refractivity contribution >= 4 is 17.5 Å². The van der Waals surface area contributed by atoms with E-state index in [1.54, 1.807) is 38.0 Å². The topological polar surface area (TPSA) is 82.9 Å². The average molecular weight is 442 g/mol. The molecule has 0 saturated heterocycles. The fraction of sp³-hybridized carbons (Fsp3) is 0.640. The second-order valence-electron chi connectivity index (χ2n) is 9.49. The van der Waals surface area contributed by atoms with Crippen molar-refractivity contribution in [2.24, 2.45) is 0 Å². The molecule has 1 aliphatic carbocycles. The Morgan fingerprint density at radius 1 is 1.31 bits per heavy atom. The van der Waals surface area contributed by atoms with E-state index in [1.165, 1.54) is 6.42 Å². The Morgan fingerprint density at radius 2 is 2.00 bits per heavy atom. The molecule has 7 nitrogen and oxygen atoms in total. The van der Waals surface area contributed by atoms with Gasteiger partial charge in [-0.3, -0.25) is 9.59 Å². The number of nitriles is 1. The minimum atomic E-state index is -1.05. The van der Waals surface area contributed by atoms with Crippen LogP contribution < -0.4 is 9.64 Å². The highest BCUT2D eigenvalue weighted by molar-refractivity contribution is 6.05. The second-order valence-corrected chi connectivity index (χ2v) is 9.49. The Kier molecular flexibility index (Phi) is 7.45. The van der Waals surface area contributed by atoms with Gasteiger partial charge in [0.25, 0.3) is 11.8 Å². The van der Waals surface area contributed by atoms with E-state index < -0.39 is 5.60 Å². The van der Waals surface area contributed by atoms with E-state index in [1.807, 2.05) is 18.7 Å². The Labute approximate surface area is 191 Å². The summed E-state index contributed by atoms with van der Waals surface area (Å²) in [5.41, 5.74) is 0.0976. The average Bonchev–Trinajstić information content (AvgIpc) is 2.76. The molecule has 32 heavy (non-hydrogen) atoms. The smallest absolute Gasteiger partial charge is 0.270 e. The van der Waals surface area contributed by atoms with Gasteiger partial charge in [0.2, 0.25) is 0 Å². The largest absolute Gasteiger partial charge is 0.476 e. The molecule has 0 unspecified atom stereocenters. The molecule has 0 bridgehead atoms. The predicted octanol–water partition coefficient (Wildman–Crippen LogP) is 4.28. The van der Waals surface area contributed by atoms with E-state index in [4.69, 9.17) is 9.47 Å². The summed E-state index contributed by atoms with van der Waals surface area (Å²) in [6.45, 7) is 8.44. The van der Waals surface area contributed by atoms with Crippen LogP contribution in [0.4, 0.5) is 5.69 Å². The van der Waals surface area contributed by atoms with Crippen molar-refractivity contribution in [1.29, 1.82) is 5.26 Å². The van der Waals surface area contributed by atoms with Crippen LogP contribution in [-0.4, -0.2) is 54.7 Å². The van der Waals surface area contributed by atoms with Crippen molar-refractivity contribution in [3.05, 3.63) is 23.3 Å². The van der Waals surface area contributed by atoms with Gasteiger partial charge in [-0.15, -0.1) is 0 Å². The third kappa shape index (κ3) is 4.75. The van der Waals surface area contributed by atoms with Crippen molar-refractivity contribution in [2.75, 3.05) is 25.2 Å². The Balaban J connectivity index is 2.05. The molecule has 1 aromatic carbocycles. The van der Waals surface area contributed by atoms with E-state index in [-0.39, 0.29) is 29.5 Å². The maximum atomic E-state index is 13.7. The molecule has 0 spiro atoms. The number of nitrogens with zero attached hydrogens (tertiary/aromatic N) is 3. The maximum Gasteiger partial charge on any atom is 0.270 e. The molecule has 1 heterocycles. The molecular weight excluding hydrogens is 406 g/mol. The van der Waals surface area contributed by atoms with Gasteiger partial charge < -0.3 is 19.3 Å². The fourth-order valence-corrected chi connectivity index (χ4v) is 4.79. The normalized spacial score (nSPS) is 18.2. The molecule has 0 N–H and O–H groups in total. The van der Waals surface area contributed by atoms with Gasteiger partial charge in [0.05, 0.1) is 16.8 Å². The zero-order valence-electron chi connectivity index (χ0n) is 19.9. The summed E-state index contributed by atoms with van der Waals surface area (Å²) in [7, 11) is 1.63. The van der Waals surface area contributed by atoms with E-state index in [0.717, 1.165) is 25.7 Å². The molecule has 2 aliphatic rings. The van der Waals surface area contributed by atoms with Gasteiger partial charge in [-0.25, -0.2) is 0 Å². The number of ether oxygens (including phenoxy) is 2. The number of hydrogen-bond acceptors (Lipinski definition) is 5. The van der Waals surface area contributed by atoms with E-state index in [2.05, 4.69) is 6.07 Å². The Morgan fingerprint density at radius 3 is 2.59 bits per heavy atom. The molecule has 2 amide bonds. The SMILES string of the molecule is COCCCN1C(=O)C(C)(C)Oc2cc(C#N)c(C(=O)N(C(C)C)C3CCCCC3)cc21. The lowest BCUT2D eigenvalue weighted by Crippen LogP contribution is -2.53. The lowest BCUT2D eigenvalue weighted by molar-refractivity contribution is -0.132. The molecule has 1 fully saturated rings. The van der Waals surface area contributed by atoms with Crippen LogP contribution >= 0.6 is 0 Å². The number of amides is 2. The summed E-state index contributed by atoms with van der Waals surface area (Å²) in [5, 5.41) is 9.85. The first-order valence-corrected chi connectivity index (χ1v) is 11.6. The molecule has 7 heteroatoms. The van der Waals surface area contributed by atoms with Crippen LogP contribution in [0, 0.1) is 11.3 Å². The van der Waals surface area contributed by atoms with Gasteiger partial charge in [-0.2, -0.15) is 5.26 Å². The van der Waals surface area contributed by atoms with Crippen LogP contribution in [0.3, 0.4) is 0 Å². The predicted molar refractivity (Wildman–Crippen MR) is 123 cm³/mol. The number of hydrogen-bond donors (Lipinski definition) is 0. The van der Waals surface area contributed by atoms with Crippen LogP contribution in [0.5, 0.6) is 5.75 Å². The quantitative estimate of drug-likeness (QED) is 0.590. The molecule has 174 valence electrons. The summed E-state index contributed by atoms with van der Waals surface area (Å²) in [5.74, 6) is 0.131. The number of carbonyl (C=O) groups is 2. The number of rotatable bonds is 7. The van der Waals surface area contributed by atoms with Crippen LogP contribution in [-0.2, 0) is 9.53 Å². The number of benzene rings is 1. The molecule has 0 aromatic heterocycles. The fourth-order valence-electron chi connectivity index (χ4n) is 4.79. The van der Waals surface area contributed by atoms with Crippen LogP contribution in [0.15, 0.2) is 12.1 Å². The zero-order chi connectivity index (χ0) is 23.5. The minimum absolute atomic E-state index is 0.0165. The number of methoxy groups -OCH3 is 1. The highest BCUT2D eigenvalue weighted by Crippen LogP contribution is 2.40. The van der Waals surface area contributed by atoms with Gasteiger partial charge >= 0.3 is 0 Å². The maximum absolute atomic E-state index is 13.7. The Hall–Kier alpha value is -2.59. The van der Waals surface area contributed by atoms with Gasteiger partial charge in [0.1, 0.15) is 11.8 Å². The summed E-state index contributed by atoms with van der Waals surface area (Å²) >= 11 is 0. The third-order valence-electron chi connectivity index (χ3n) is 6.36. The van der Waals surface area contributed by atoms with Gasteiger partial charge in [-0.05, 0) is 53.0 Å². The standard InChI is InChI=1S/C25H35N3O4/c1-17(2)28(19-10-7-6-8-11-19)23(29)20-15-21-22(14-18(20)16-26)32-25(3,4)24(30)27(21)12-9-13-31-5/h14-15,17,19H,6-13H2,1-5H3. The van der Waals surface area contributed by atoms with E-state index in [0.29, 0.717) is 36.6 Å². The zero-order valence-corrected chi connectivity index (χ0v) is 19.9. The number of fused-ring (bicyclic) bond motifs is 1. The van der Waals surface area contributed by atoms with Gasteiger partial charge in [0, 0.05) is 38.4 Å². The highest BCUT2D eigenvalue weighted by atomic mass is 16.5. The molecule has 0 atom stereocenters. The summed E-state index contributed by atoms with van der Waals surface area (Å²) in [6, 6.07) is 5.65. The lowest BCUT2D eigenvalue weighted by atomic mass is 9.92. The monoisotopic (exact) mass is 441 g/mol. The van der Waals surface area contributed by atoms with Crippen molar-refractivity contribution in [2.45, 2.75) is 83.9 Å². The summed E-state index contributed by atoms with van der Waals surface area (Å²) < 4.78 is 11.1. The second kappa shape index (κ2) is 9.91. The molecule has 1 aromatic rings. The van der Waals surface area contributed by atoms with E-state index in [9.17, 15) is 14.9 Å². The van der Waals surface area contributed by atoms with Gasteiger partial charge in [-0.1, -0.05) is 19.3 Å². The molecule has 0 radical (unpaired) electrons. The summed E-state index contributed by atoms with van der Waals surface area (Å²) in [4.78, 5) is 30.5. The van der Waals surface area contributed by atoms with Crippen LogP contribution in [0.2, 0.25) is 0 Å². The molecule has 1 aliphatic heterocycles. The molecular formula is C25H35N3O4. The third-order valence-corrected chi connectivity index (χ3v) is 6.36. The first-order valence-electron chi connectivity index (χ1n) is 11.6. The lowest BCUT2D eigenvalue weighted by Gasteiger charge is -2.40. The van der Waals surface area contributed by atoms with Crippen LogP contribution in [0.1, 0.15) is 82.1 Å². The molecule has 3 rings (SSSR count). The van der Waals surface area contributed by atoms with Crippen molar-refractivity contribution in [1.82, 2.24) is 4.90 Å². The number of carbonyl (C=O) groups excluding carboxylic acids is 2. The van der Waals surface area contributed by atoms with Crippen molar-refractivity contribution in [3.8, 4) is 11.8 Å². The van der Waals surface area contributed by atoms with Crippen molar-refractivity contribution < 1.29 is 19.1 Å². The summed E-state index contributed by atoms with van der Waals surface area (Å²) in [6.07, 6.45) is 6.04. The minimum Gasteiger partial charge on any atom is -0.476 e. The first kappa shape index (κ1) is 24.1. The highest BCUT2D eigenvalue weighted by Gasteiger charge is 2.42. The van der Waals surface area contributed by atoms with Gasteiger partial charge in [0.15, 0.2) is 5.60 Å². The van der Waals surface area contributed by atoms with E-state index >= 15 is 0 Å². The molecule has 1 saturated carbocycles. The first-order chi connectivity index (χ1) is 15.2. The Bertz CT molecular complexity index is 897. The van der Waals surface area contributed by atoms with Crippen molar-refractivity contribution in [3.63, 3.8) is 0 Å². The number of anilines is 1.